The van der Waals surface area contributed by atoms with Crippen molar-refractivity contribution in [3.05, 3.63) is 68.9 Å². The summed E-state index contributed by atoms with van der Waals surface area (Å²) in [6.45, 7) is 0. The summed E-state index contributed by atoms with van der Waals surface area (Å²) >= 11 is 4.68. The number of hydrogen-bond donors (Lipinski definition) is 8. The van der Waals surface area contributed by atoms with Crippen LogP contribution in [0.3, 0.4) is 0 Å². The molecule has 0 saturated heterocycles. The Morgan fingerprint density at radius 3 is 2.50 bits per heavy atom. The molecule has 0 aliphatic carbocycles. The molecule has 32 heavy (non-hydrogen) atoms. The van der Waals surface area contributed by atoms with Crippen LogP contribution in [-0.2, 0) is 4.79 Å². The van der Waals surface area contributed by atoms with Gasteiger partial charge >= 0.3 is 0 Å². The Labute approximate surface area is 183 Å². The molecule has 1 aromatic heterocycles. The number of hydrogen-bond acceptors (Lipinski definition) is 9. The minimum absolute atomic E-state index is 0.0669. The summed E-state index contributed by atoms with van der Waals surface area (Å²) < 4.78 is 0. The molecule has 2 aromatic carbocycles. The lowest BCUT2D eigenvalue weighted by Gasteiger charge is -2.13. The fourth-order valence-electron chi connectivity index (χ4n) is 2.62. The summed E-state index contributed by atoms with van der Waals surface area (Å²) in [5, 5.41) is 44.0. The van der Waals surface area contributed by atoms with Gasteiger partial charge in [-0.15, -0.1) is 0 Å². The van der Waals surface area contributed by atoms with Gasteiger partial charge in [-0.05, 0) is 24.4 Å². The molecule has 1 heterocycles. The maximum Gasteiger partial charge on any atom is 0.278 e. The molecule has 0 aliphatic heterocycles. The SMILES string of the molecule is NC(=S)N/N=C(/C(=O)Nc1cccc([NH+]([O-])O)c1)c1nc2ccc([NH+]([O-])O)cc2[nH]c1=O. The fraction of sp³-hybridized carbons (Fsp3) is 0. The zero-order valence-electron chi connectivity index (χ0n) is 15.9. The quantitative estimate of drug-likeness (QED) is 0.114. The number of thiocarbonyl (C=S) groups is 1. The number of quaternary nitrogens is 2. The number of hydrazone groups is 1. The van der Waals surface area contributed by atoms with E-state index < -0.39 is 33.3 Å². The maximum atomic E-state index is 12.9. The molecule has 14 nitrogen and oxygen atoms in total. The van der Waals surface area contributed by atoms with Gasteiger partial charge in [0, 0.05) is 30.0 Å². The van der Waals surface area contributed by atoms with Gasteiger partial charge in [0.2, 0.25) is 0 Å². The summed E-state index contributed by atoms with van der Waals surface area (Å²) in [7, 11) is 0. The van der Waals surface area contributed by atoms with Gasteiger partial charge in [0.05, 0.1) is 11.0 Å². The molecule has 9 N–H and O–H groups in total. The van der Waals surface area contributed by atoms with E-state index in [0.717, 1.165) is 0 Å². The molecule has 15 heteroatoms. The zero-order valence-corrected chi connectivity index (χ0v) is 16.8. The predicted octanol–water partition coefficient (Wildman–Crippen LogP) is -2.09. The van der Waals surface area contributed by atoms with Gasteiger partial charge in [0.15, 0.2) is 27.9 Å². The second-order valence-electron chi connectivity index (χ2n) is 6.23. The molecule has 3 aromatic rings. The molecule has 0 radical (unpaired) electrons. The van der Waals surface area contributed by atoms with E-state index in [-0.39, 0.29) is 33.2 Å². The Morgan fingerprint density at radius 1 is 1.16 bits per heavy atom. The second kappa shape index (κ2) is 9.54. The highest BCUT2D eigenvalue weighted by Gasteiger charge is 2.21. The Hall–Kier alpha value is -3.83. The van der Waals surface area contributed by atoms with Crippen LogP contribution >= 0.6 is 12.2 Å². The number of benzene rings is 2. The van der Waals surface area contributed by atoms with Gasteiger partial charge < -0.3 is 26.4 Å². The predicted molar refractivity (Wildman–Crippen MR) is 115 cm³/mol. The number of nitrogens with two attached hydrogens (primary N) is 1. The van der Waals surface area contributed by atoms with Gasteiger partial charge in [0.1, 0.15) is 0 Å². The molecule has 3 rings (SSSR count). The van der Waals surface area contributed by atoms with E-state index in [1.807, 2.05) is 0 Å². The highest BCUT2D eigenvalue weighted by Crippen LogP contribution is 2.14. The third-order valence-corrected chi connectivity index (χ3v) is 4.11. The number of aromatic nitrogens is 2. The highest BCUT2D eigenvalue weighted by atomic mass is 32.1. The van der Waals surface area contributed by atoms with E-state index in [9.17, 15) is 20.0 Å². The van der Waals surface area contributed by atoms with Crippen LogP contribution in [0, 0.1) is 10.4 Å². The van der Waals surface area contributed by atoms with Crippen LogP contribution in [0.15, 0.2) is 52.4 Å². The van der Waals surface area contributed by atoms with Crippen LogP contribution < -0.4 is 32.5 Å². The van der Waals surface area contributed by atoms with Gasteiger partial charge in [-0.3, -0.25) is 15.0 Å². The first-order chi connectivity index (χ1) is 15.2. The number of anilines is 1. The number of aromatic amines is 1. The number of fused-ring (bicyclic) bond motifs is 1. The molecule has 2 atom stereocenters. The summed E-state index contributed by atoms with van der Waals surface area (Å²) in [5.41, 5.74) is 6.14. The largest absolute Gasteiger partial charge is 0.595 e. The maximum absolute atomic E-state index is 12.9. The number of carbonyl (C=O) groups excluding carboxylic acids is 1. The number of H-pyrrole nitrogens is 1. The van der Waals surface area contributed by atoms with Crippen LogP contribution in [0.1, 0.15) is 5.69 Å². The standard InChI is InChI=1S/C17H16N8O6S/c18-17(32)23-22-14(16(27)19-8-2-1-3-9(6-8)24(28)29)13-15(26)21-12-7-10(25(30)31)4-5-11(12)20-13/h1-7,24-25,28,30H,(H,19,27)(H,21,26)(H3,18,23,32)/b22-14+. The summed E-state index contributed by atoms with van der Waals surface area (Å²) in [5.74, 6) is -0.907. The molecule has 2 unspecified atom stereocenters. The van der Waals surface area contributed by atoms with Crippen molar-refractivity contribution in [1.29, 1.82) is 0 Å². The number of nitrogens with one attached hydrogen (secondary N) is 5. The van der Waals surface area contributed by atoms with Crippen molar-refractivity contribution in [1.82, 2.24) is 15.4 Å². The molecule has 0 saturated carbocycles. The Morgan fingerprint density at radius 2 is 1.84 bits per heavy atom. The van der Waals surface area contributed by atoms with E-state index in [1.165, 1.54) is 42.5 Å². The lowest BCUT2D eigenvalue weighted by Crippen LogP contribution is -2.99. The van der Waals surface area contributed by atoms with Crippen molar-refractivity contribution < 1.29 is 25.7 Å². The number of nitrogens with zero attached hydrogens (tertiary/aromatic N) is 2. The summed E-state index contributed by atoms with van der Waals surface area (Å²) in [6, 6.07) is 9.26. The minimum atomic E-state index is -1.20. The zero-order chi connectivity index (χ0) is 23.4. The third kappa shape index (κ3) is 5.25. The molecular formula is C17H16N8O6S. The number of amides is 1. The third-order valence-electron chi connectivity index (χ3n) is 4.02. The first-order valence-electron chi connectivity index (χ1n) is 8.71. The Kier molecular flexibility index (Phi) is 6.81. The molecular weight excluding hydrogens is 444 g/mol. The number of rotatable bonds is 6. The van der Waals surface area contributed by atoms with E-state index in [1.54, 1.807) is 0 Å². The summed E-state index contributed by atoms with van der Waals surface area (Å²) in [6.07, 6.45) is 0. The van der Waals surface area contributed by atoms with Crippen molar-refractivity contribution in [2.75, 3.05) is 5.32 Å². The van der Waals surface area contributed by atoms with Crippen molar-refractivity contribution in [3.8, 4) is 0 Å². The fourth-order valence-corrected chi connectivity index (χ4v) is 2.67. The van der Waals surface area contributed by atoms with E-state index >= 15 is 0 Å². The lowest BCUT2D eigenvalue weighted by atomic mass is 10.2. The lowest BCUT2D eigenvalue weighted by molar-refractivity contribution is -0.991. The molecule has 0 bridgehead atoms. The monoisotopic (exact) mass is 460 g/mol. The van der Waals surface area contributed by atoms with E-state index in [2.05, 4.69) is 38.0 Å². The van der Waals surface area contributed by atoms with Gasteiger partial charge in [-0.2, -0.15) is 15.6 Å². The smallest absolute Gasteiger partial charge is 0.278 e. The molecule has 0 fully saturated rings. The van der Waals surface area contributed by atoms with Crippen molar-refractivity contribution in [2.24, 2.45) is 10.8 Å². The van der Waals surface area contributed by atoms with Crippen LogP contribution in [0.2, 0.25) is 0 Å². The molecule has 0 spiro atoms. The second-order valence-corrected chi connectivity index (χ2v) is 6.67. The molecule has 0 aliphatic rings. The number of carbonyl (C=O) groups is 1. The van der Waals surface area contributed by atoms with Crippen molar-refractivity contribution in [3.63, 3.8) is 0 Å². The first-order valence-corrected chi connectivity index (χ1v) is 9.12. The molecule has 166 valence electrons. The molecule has 1 amide bonds. The summed E-state index contributed by atoms with van der Waals surface area (Å²) in [4.78, 5) is 32.0. The Balaban J connectivity index is 2.03. The van der Waals surface area contributed by atoms with Crippen LogP contribution in [0.4, 0.5) is 17.1 Å². The van der Waals surface area contributed by atoms with Gasteiger partial charge in [0.25, 0.3) is 11.5 Å². The van der Waals surface area contributed by atoms with Crippen molar-refractivity contribution >= 4 is 57.0 Å². The van der Waals surface area contributed by atoms with Crippen molar-refractivity contribution in [2.45, 2.75) is 0 Å². The topological polar surface area (TPSA) is 221 Å². The normalized spacial score (nSPS) is 13.4. The highest BCUT2D eigenvalue weighted by molar-refractivity contribution is 7.80. The van der Waals surface area contributed by atoms with Gasteiger partial charge in [-0.25, -0.2) is 15.4 Å². The van der Waals surface area contributed by atoms with E-state index in [0.29, 0.717) is 0 Å². The first kappa shape index (κ1) is 22.8. The average molecular weight is 460 g/mol. The average Bonchev–Trinajstić information content (AvgIpc) is 2.73. The van der Waals surface area contributed by atoms with Crippen LogP contribution in [0.25, 0.3) is 11.0 Å². The van der Waals surface area contributed by atoms with E-state index in [4.69, 9.17) is 16.1 Å². The van der Waals surface area contributed by atoms with Crippen LogP contribution in [0.5, 0.6) is 0 Å². The Bertz CT molecular complexity index is 1280. The van der Waals surface area contributed by atoms with Crippen LogP contribution in [-0.4, -0.2) is 37.1 Å². The minimum Gasteiger partial charge on any atom is -0.595 e. The van der Waals surface area contributed by atoms with Gasteiger partial charge in [-0.1, -0.05) is 6.07 Å².